The maximum Gasteiger partial charge on any atom is 0.259 e. The number of amides is 1. The largest absolute Gasteiger partial charge is 0.342 e. The van der Waals surface area contributed by atoms with Crippen LogP contribution >= 0.6 is 0 Å². The molecule has 0 unspecified atom stereocenters. The first-order valence-electron chi connectivity index (χ1n) is 7.72. The van der Waals surface area contributed by atoms with Gasteiger partial charge in [0.25, 0.3) is 5.91 Å². The number of hydrogen-bond acceptors (Lipinski definition) is 4. The van der Waals surface area contributed by atoms with Gasteiger partial charge in [0.2, 0.25) is 0 Å². The number of nitrogens with zero attached hydrogens (tertiary/aromatic N) is 3. The summed E-state index contributed by atoms with van der Waals surface area (Å²) in [4.78, 5) is 20.2. The lowest BCUT2D eigenvalue weighted by Crippen LogP contribution is -2.16. The first kappa shape index (κ1) is 14.0. The first-order chi connectivity index (χ1) is 11.2. The molecule has 23 heavy (non-hydrogen) atoms. The van der Waals surface area contributed by atoms with E-state index in [4.69, 9.17) is 5.73 Å². The zero-order chi connectivity index (χ0) is 16.0. The van der Waals surface area contributed by atoms with Crippen LogP contribution in [0.25, 0.3) is 11.0 Å². The van der Waals surface area contributed by atoms with Crippen LogP contribution in [0.2, 0.25) is 0 Å². The molecule has 4 rings (SSSR count). The number of nitrogens with one attached hydrogen (secondary N) is 2. The number of hydrogen-bond donors (Lipinski definition) is 3. The summed E-state index contributed by atoms with van der Waals surface area (Å²) in [5.74, 6) is 0.701. The van der Waals surface area contributed by atoms with Gasteiger partial charge in [0, 0.05) is 18.8 Å². The lowest BCUT2D eigenvalue weighted by atomic mass is 10.1. The van der Waals surface area contributed by atoms with Crippen molar-refractivity contribution in [3.63, 3.8) is 0 Å². The van der Waals surface area contributed by atoms with E-state index in [-0.39, 0.29) is 12.5 Å². The molecule has 0 atom stereocenters. The van der Waals surface area contributed by atoms with Gasteiger partial charge in [-0.05, 0) is 38.0 Å². The monoisotopic (exact) mass is 310 g/mol. The predicted molar refractivity (Wildman–Crippen MR) is 87.2 cm³/mol. The van der Waals surface area contributed by atoms with Gasteiger partial charge in [-0.25, -0.2) is 4.98 Å². The van der Waals surface area contributed by atoms with E-state index >= 15 is 0 Å². The third-order valence-electron chi connectivity index (χ3n) is 4.19. The Labute approximate surface area is 132 Å². The number of fused-ring (bicyclic) bond motifs is 2. The van der Waals surface area contributed by atoms with Gasteiger partial charge in [-0.3, -0.25) is 9.48 Å². The van der Waals surface area contributed by atoms with Crippen LogP contribution in [-0.4, -0.2) is 25.7 Å². The van der Waals surface area contributed by atoms with Crippen molar-refractivity contribution in [3.05, 3.63) is 41.0 Å². The SMILES string of the molecule is Cc1nc2ccc(NC(=O)c3c(CN)nn4c3CCC4)cc2[nH]1. The van der Waals surface area contributed by atoms with Crippen LogP contribution in [0.1, 0.15) is 34.0 Å². The Balaban J connectivity index is 1.66. The summed E-state index contributed by atoms with van der Waals surface area (Å²) in [5.41, 5.74) is 10.5. The Morgan fingerprint density at radius 1 is 1.48 bits per heavy atom. The highest BCUT2D eigenvalue weighted by atomic mass is 16.1. The van der Waals surface area contributed by atoms with Gasteiger partial charge in [0.05, 0.1) is 28.0 Å². The van der Waals surface area contributed by atoms with Crippen molar-refractivity contribution in [1.82, 2.24) is 19.7 Å². The third kappa shape index (κ3) is 2.29. The van der Waals surface area contributed by atoms with Crippen LogP contribution < -0.4 is 11.1 Å². The number of H-pyrrole nitrogens is 1. The molecule has 7 heteroatoms. The van der Waals surface area contributed by atoms with Gasteiger partial charge in [-0.2, -0.15) is 5.10 Å². The van der Waals surface area contributed by atoms with E-state index in [1.165, 1.54) is 0 Å². The number of rotatable bonds is 3. The molecule has 0 fully saturated rings. The quantitative estimate of drug-likeness (QED) is 0.685. The minimum absolute atomic E-state index is 0.149. The average Bonchev–Trinajstić information content (AvgIpc) is 3.18. The zero-order valence-corrected chi connectivity index (χ0v) is 12.9. The van der Waals surface area contributed by atoms with E-state index in [1.54, 1.807) is 0 Å². The molecular weight excluding hydrogens is 292 g/mol. The van der Waals surface area contributed by atoms with Crippen LogP contribution in [0, 0.1) is 6.92 Å². The Kier molecular flexibility index (Phi) is 3.16. The Hall–Kier alpha value is -2.67. The Morgan fingerprint density at radius 3 is 3.17 bits per heavy atom. The Morgan fingerprint density at radius 2 is 2.35 bits per heavy atom. The molecule has 3 aromatic rings. The second-order valence-corrected chi connectivity index (χ2v) is 5.81. The van der Waals surface area contributed by atoms with E-state index in [1.807, 2.05) is 29.8 Å². The number of aromatic amines is 1. The molecule has 7 nitrogen and oxygen atoms in total. The molecule has 0 saturated heterocycles. The highest BCUT2D eigenvalue weighted by Gasteiger charge is 2.25. The molecule has 1 aromatic carbocycles. The summed E-state index contributed by atoms with van der Waals surface area (Å²) in [6.45, 7) is 3.03. The molecule has 1 amide bonds. The van der Waals surface area contributed by atoms with Gasteiger partial charge < -0.3 is 16.0 Å². The van der Waals surface area contributed by atoms with Crippen LogP contribution in [0.3, 0.4) is 0 Å². The Bertz CT molecular complexity index is 907. The smallest absolute Gasteiger partial charge is 0.259 e. The normalized spacial score (nSPS) is 13.5. The lowest BCUT2D eigenvalue weighted by molar-refractivity contribution is 0.102. The van der Waals surface area contributed by atoms with Crippen molar-refractivity contribution in [2.75, 3.05) is 5.32 Å². The fourth-order valence-corrected chi connectivity index (χ4v) is 3.20. The number of aryl methyl sites for hydroxylation is 2. The van der Waals surface area contributed by atoms with Gasteiger partial charge in [-0.1, -0.05) is 0 Å². The van der Waals surface area contributed by atoms with Crippen LogP contribution in [0.5, 0.6) is 0 Å². The number of carbonyl (C=O) groups is 1. The minimum atomic E-state index is -0.149. The maximum absolute atomic E-state index is 12.7. The summed E-state index contributed by atoms with van der Waals surface area (Å²) in [7, 11) is 0. The van der Waals surface area contributed by atoms with Crippen LogP contribution in [0.15, 0.2) is 18.2 Å². The molecular formula is C16H18N6O. The average molecular weight is 310 g/mol. The highest BCUT2D eigenvalue weighted by molar-refractivity contribution is 6.06. The topological polar surface area (TPSA) is 102 Å². The number of imidazole rings is 1. The van der Waals surface area contributed by atoms with Crippen LogP contribution in [-0.2, 0) is 19.5 Å². The van der Waals surface area contributed by atoms with E-state index in [2.05, 4.69) is 20.4 Å². The van der Waals surface area contributed by atoms with Crippen molar-refractivity contribution < 1.29 is 4.79 Å². The molecule has 1 aliphatic rings. The van der Waals surface area contributed by atoms with Gasteiger partial charge in [0.1, 0.15) is 5.82 Å². The number of benzene rings is 1. The minimum Gasteiger partial charge on any atom is -0.342 e. The summed E-state index contributed by atoms with van der Waals surface area (Å²) < 4.78 is 1.90. The molecule has 0 radical (unpaired) electrons. The maximum atomic E-state index is 12.7. The molecule has 2 aromatic heterocycles. The number of nitrogens with two attached hydrogens (primary N) is 1. The first-order valence-corrected chi connectivity index (χ1v) is 7.72. The summed E-state index contributed by atoms with van der Waals surface area (Å²) in [6, 6.07) is 5.63. The van der Waals surface area contributed by atoms with Gasteiger partial charge in [-0.15, -0.1) is 0 Å². The summed E-state index contributed by atoms with van der Waals surface area (Å²) in [6.07, 6.45) is 1.89. The summed E-state index contributed by atoms with van der Waals surface area (Å²) >= 11 is 0. The van der Waals surface area contributed by atoms with Crippen molar-refractivity contribution in [1.29, 1.82) is 0 Å². The fraction of sp³-hybridized carbons (Fsp3) is 0.312. The molecule has 0 saturated carbocycles. The molecule has 0 bridgehead atoms. The summed E-state index contributed by atoms with van der Waals surface area (Å²) in [5, 5.41) is 7.39. The van der Waals surface area contributed by atoms with Crippen molar-refractivity contribution in [2.24, 2.45) is 5.73 Å². The van der Waals surface area contributed by atoms with Gasteiger partial charge in [0.15, 0.2) is 0 Å². The number of anilines is 1. The van der Waals surface area contributed by atoms with Crippen molar-refractivity contribution in [2.45, 2.75) is 32.9 Å². The molecule has 1 aliphatic heterocycles. The van der Waals surface area contributed by atoms with E-state index < -0.39 is 0 Å². The molecule has 0 aliphatic carbocycles. The van der Waals surface area contributed by atoms with Crippen molar-refractivity contribution >= 4 is 22.6 Å². The standard InChI is InChI=1S/C16H18N6O/c1-9-18-11-5-4-10(7-12(11)19-9)20-16(23)15-13(8-17)21-22-6-2-3-14(15)22/h4-5,7H,2-3,6,8,17H2,1H3,(H,18,19)(H,20,23). The zero-order valence-electron chi connectivity index (χ0n) is 12.9. The second-order valence-electron chi connectivity index (χ2n) is 5.81. The van der Waals surface area contributed by atoms with E-state index in [0.717, 1.165) is 47.6 Å². The second kappa shape index (κ2) is 5.20. The molecule has 0 spiro atoms. The van der Waals surface area contributed by atoms with Crippen LogP contribution in [0.4, 0.5) is 5.69 Å². The predicted octanol–water partition coefficient (Wildman–Crippen LogP) is 1.73. The van der Waals surface area contributed by atoms with E-state index in [0.29, 0.717) is 11.3 Å². The molecule has 4 N–H and O–H groups in total. The van der Waals surface area contributed by atoms with E-state index in [9.17, 15) is 4.79 Å². The van der Waals surface area contributed by atoms with Gasteiger partial charge >= 0.3 is 0 Å². The molecule has 3 heterocycles. The number of carbonyl (C=O) groups excluding carboxylic acids is 1. The third-order valence-corrected chi connectivity index (χ3v) is 4.19. The highest BCUT2D eigenvalue weighted by Crippen LogP contribution is 2.24. The lowest BCUT2D eigenvalue weighted by Gasteiger charge is -2.06. The fourth-order valence-electron chi connectivity index (χ4n) is 3.20. The molecule has 118 valence electrons. The number of aromatic nitrogens is 4. The van der Waals surface area contributed by atoms with Crippen molar-refractivity contribution in [3.8, 4) is 0 Å².